The number of rotatable bonds is 7. The zero-order chi connectivity index (χ0) is 16.1. The van der Waals surface area contributed by atoms with E-state index in [9.17, 15) is 4.79 Å². The quantitative estimate of drug-likeness (QED) is 0.837. The Balaban J connectivity index is 1.52. The molecule has 0 radical (unpaired) electrons. The van der Waals surface area contributed by atoms with Gasteiger partial charge in [0.1, 0.15) is 6.61 Å². The maximum Gasteiger partial charge on any atom is 0.410 e. The number of hydrogen-bond acceptors (Lipinski definition) is 4. The average molecular weight is 317 g/mol. The van der Waals surface area contributed by atoms with Crippen LogP contribution in [0.2, 0.25) is 0 Å². The number of carbonyl (C=O) groups is 1. The Morgan fingerprint density at radius 3 is 2.74 bits per heavy atom. The summed E-state index contributed by atoms with van der Waals surface area (Å²) in [6, 6.07) is 10.8. The molecule has 0 spiro atoms. The zero-order valence-electron chi connectivity index (χ0n) is 13.7. The second kappa shape index (κ2) is 7.79. The van der Waals surface area contributed by atoms with E-state index in [2.05, 4.69) is 4.90 Å². The highest BCUT2D eigenvalue weighted by Gasteiger charge is 2.35. The summed E-state index contributed by atoms with van der Waals surface area (Å²) in [6.45, 7) is 3.69. The van der Waals surface area contributed by atoms with E-state index in [0.717, 1.165) is 38.0 Å². The van der Waals surface area contributed by atoms with Gasteiger partial charge in [-0.15, -0.1) is 0 Å². The van der Waals surface area contributed by atoms with Crippen molar-refractivity contribution in [3.63, 3.8) is 0 Å². The van der Waals surface area contributed by atoms with E-state index in [4.69, 9.17) is 10.5 Å². The Morgan fingerprint density at radius 2 is 2.04 bits per heavy atom. The van der Waals surface area contributed by atoms with E-state index in [1.54, 1.807) is 0 Å². The minimum Gasteiger partial charge on any atom is -0.445 e. The Hall–Kier alpha value is -1.59. The Morgan fingerprint density at radius 1 is 1.26 bits per heavy atom. The van der Waals surface area contributed by atoms with Crippen molar-refractivity contribution < 1.29 is 9.53 Å². The van der Waals surface area contributed by atoms with Crippen LogP contribution in [0.25, 0.3) is 0 Å². The molecule has 1 heterocycles. The highest BCUT2D eigenvalue weighted by molar-refractivity contribution is 5.68. The maximum absolute atomic E-state index is 12.4. The van der Waals surface area contributed by atoms with Crippen molar-refractivity contribution >= 4 is 6.09 Å². The Kier molecular flexibility index (Phi) is 5.51. The van der Waals surface area contributed by atoms with Crippen LogP contribution in [0.5, 0.6) is 0 Å². The summed E-state index contributed by atoms with van der Waals surface area (Å²) in [7, 11) is 0. The summed E-state index contributed by atoms with van der Waals surface area (Å²) in [4.78, 5) is 16.8. The van der Waals surface area contributed by atoms with Crippen LogP contribution in [-0.2, 0) is 11.3 Å². The molecule has 1 aromatic rings. The minimum absolute atomic E-state index is 0.181. The van der Waals surface area contributed by atoms with E-state index in [1.807, 2.05) is 35.2 Å². The van der Waals surface area contributed by atoms with Crippen LogP contribution in [0.1, 0.15) is 31.2 Å². The summed E-state index contributed by atoms with van der Waals surface area (Å²) >= 11 is 0. The number of nitrogens with two attached hydrogens (primary N) is 1. The molecule has 1 aliphatic carbocycles. The van der Waals surface area contributed by atoms with Gasteiger partial charge in [-0.05, 0) is 31.2 Å². The van der Waals surface area contributed by atoms with E-state index in [-0.39, 0.29) is 12.1 Å². The van der Waals surface area contributed by atoms with E-state index in [1.165, 1.54) is 12.8 Å². The van der Waals surface area contributed by atoms with Crippen molar-refractivity contribution in [3.05, 3.63) is 35.9 Å². The molecule has 1 atom stereocenters. The second-order valence-electron chi connectivity index (χ2n) is 6.54. The van der Waals surface area contributed by atoms with Gasteiger partial charge in [-0.3, -0.25) is 4.90 Å². The normalized spacial score (nSPS) is 21.0. The van der Waals surface area contributed by atoms with E-state index < -0.39 is 0 Å². The van der Waals surface area contributed by atoms with Gasteiger partial charge in [-0.2, -0.15) is 0 Å². The molecule has 5 heteroatoms. The van der Waals surface area contributed by atoms with Crippen molar-refractivity contribution in [1.29, 1.82) is 0 Å². The van der Waals surface area contributed by atoms with Crippen LogP contribution in [0, 0.1) is 0 Å². The summed E-state index contributed by atoms with van der Waals surface area (Å²) in [6.07, 6.45) is 4.48. The van der Waals surface area contributed by atoms with Gasteiger partial charge in [-0.1, -0.05) is 30.3 Å². The number of ether oxygens (including phenoxy) is 1. The van der Waals surface area contributed by atoms with Crippen LogP contribution in [0.3, 0.4) is 0 Å². The van der Waals surface area contributed by atoms with Gasteiger partial charge in [0.25, 0.3) is 0 Å². The molecule has 3 rings (SSSR count). The van der Waals surface area contributed by atoms with Gasteiger partial charge in [0, 0.05) is 38.3 Å². The summed E-state index contributed by atoms with van der Waals surface area (Å²) in [5.74, 6) is 0. The number of likely N-dealkylation sites (tertiary alicyclic amines) is 1. The average Bonchev–Trinajstić information content (AvgIpc) is 3.32. The molecule has 2 N–H and O–H groups in total. The zero-order valence-corrected chi connectivity index (χ0v) is 13.7. The molecule has 0 aromatic heterocycles. The lowest BCUT2D eigenvalue weighted by atomic mass is 10.2. The van der Waals surface area contributed by atoms with E-state index >= 15 is 0 Å². The van der Waals surface area contributed by atoms with Crippen LogP contribution in [-0.4, -0.2) is 54.2 Å². The molecule has 1 amide bonds. The second-order valence-corrected chi connectivity index (χ2v) is 6.54. The Bertz CT molecular complexity index is 504. The topological polar surface area (TPSA) is 58.8 Å². The fraction of sp³-hybridized carbons (Fsp3) is 0.611. The molecule has 2 aliphatic rings. The lowest BCUT2D eigenvalue weighted by molar-refractivity contribution is 0.0833. The molecule has 1 unspecified atom stereocenters. The molecule has 1 saturated carbocycles. The highest BCUT2D eigenvalue weighted by Crippen LogP contribution is 2.29. The van der Waals surface area contributed by atoms with Gasteiger partial charge in [0.15, 0.2) is 0 Å². The third-order valence-electron chi connectivity index (χ3n) is 4.74. The number of benzene rings is 1. The predicted octanol–water partition coefficient (Wildman–Crippen LogP) is 2.21. The van der Waals surface area contributed by atoms with Crippen molar-refractivity contribution in [1.82, 2.24) is 9.80 Å². The first-order valence-electron chi connectivity index (χ1n) is 8.69. The fourth-order valence-corrected chi connectivity index (χ4v) is 3.37. The van der Waals surface area contributed by atoms with Gasteiger partial charge in [0.05, 0.1) is 0 Å². The van der Waals surface area contributed by atoms with Crippen LogP contribution in [0.15, 0.2) is 30.3 Å². The lowest BCUT2D eigenvalue weighted by Gasteiger charge is -2.30. The largest absolute Gasteiger partial charge is 0.445 e. The fourth-order valence-electron chi connectivity index (χ4n) is 3.37. The first-order chi connectivity index (χ1) is 11.3. The smallest absolute Gasteiger partial charge is 0.410 e. The van der Waals surface area contributed by atoms with Crippen LogP contribution >= 0.6 is 0 Å². The van der Waals surface area contributed by atoms with Crippen LogP contribution in [0.4, 0.5) is 4.79 Å². The SMILES string of the molecule is NCCN(CC1CCCN1C(=O)OCc1ccccc1)C1CC1. The van der Waals surface area contributed by atoms with Gasteiger partial charge < -0.3 is 15.4 Å². The molecule has 126 valence electrons. The Labute approximate surface area is 138 Å². The molecule has 1 aromatic carbocycles. The summed E-state index contributed by atoms with van der Waals surface area (Å²) < 4.78 is 5.50. The number of nitrogens with zero attached hydrogens (tertiary/aromatic N) is 2. The molecule has 23 heavy (non-hydrogen) atoms. The van der Waals surface area contributed by atoms with Gasteiger partial charge >= 0.3 is 6.09 Å². The van der Waals surface area contributed by atoms with E-state index in [0.29, 0.717) is 19.2 Å². The number of amides is 1. The lowest BCUT2D eigenvalue weighted by Crippen LogP contribution is -2.45. The first-order valence-corrected chi connectivity index (χ1v) is 8.69. The first kappa shape index (κ1) is 16.3. The summed E-state index contributed by atoms with van der Waals surface area (Å²) in [5.41, 5.74) is 6.76. The summed E-state index contributed by atoms with van der Waals surface area (Å²) in [5, 5.41) is 0. The molecule has 2 fully saturated rings. The van der Waals surface area contributed by atoms with Crippen molar-refractivity contribution in [2.24, 2.45) is 5.73 Å². The van der Waals surface area contributed by atoms with Gasteiger partial charge in [-0.25, -0.2) is 4.79 Å². The molecular weight excluding hydrogens is 290 g/mol. The molecule has 5 nitrogen and oxygen atoms in total. The molecule has 1 aliphatic heterocycles. The van der Waals surface area contributed by atoms with Crippen molar-refractivity contribution in [3.8, 4) is 0 Å². The predicted molar refractivity (Wildman–Crippen MR) is 90.0 cm³/mol. The van der Waals surface area contributed by atoms with Crippen molar-refractivity contribution in [2.45, 2.75) is 44.4 Å². The molecule has 0 bridgehead atoms. The maximum atomic E-state index is 12.4. The van der Waals surface area contributed by atoms with Gasteiger partial charge in [0.2, 0.25) is 0 Å². The monoisotopic (exact) mass is 317 g/mol. The molecular formula is C18H27N3O2. The molecule has 1 saturated heterocycles. The number of hydrogen-bond donors (Lipinski definition) is 1. The minimum atomic E-state index is -0.181. The third kappa shape index (κ3) is 4.45. The number of carbonyl (C=O) groups excluding carboxylic acids is 1. The van der Waals surface area contributed by atoms with Crippen molar-refractivity contribution in [2.75, 3.05) is 26.2 Å². The van der Waals surface area contributed by atoms with Crippen LogP contribution < -0.4 is 5.73 Å². The third-order valence-corrected chi connectivity index (χ3v) is 4.74. The highest BCUT2D eigenvalue weighted by atomic mass is 16.6. The standard InChI is InChI=1S/C18H27N3O2/c19-10-12-20(16-8-9-16)13-17-7-4-11-21(17)18(22)23-14-15-5-2-1-3-6-15/h1-3,5-6,16-17H,4,7-14,19H2.